The van der Waals surface area contributed by atoms with Crippen molar-refractivity contribution in [2.24, 2.45) is 11.5 Å². The van der Waals surface area contributed by atoms with E-state index < -0.39 is 6.09 Å². The molecule has 0 aromatic heterocycles. The zero-order valence-corrected chi connectivity index (χ0v) is 7.50. The molecule has 0 saturated heterocycles. The van der Waals surface area contributed by atoms with Crippen LogP contribution >= 0.6 is 0 Å². The molecule has 0 aliphatic carbocycles. The van der Waals surface area contributed by atoms with Gasteiger partial charge in [-0.2, -0.15) is 0 Å². The van der Waals surface area contributed by atoms with Crippen molar-refractivity contribution in [2.75, 3.05) is 6.54 Å². The van der Waals surface area contributed by atoms with Crippen LogP contribution in [0.2, 0.25) is 0 Å². The maximum absolute atomic E-state index is 13.1. The predicted octanol–water partition coefficient (Wildman–Crippen LogP) is 0.784. The van der Waals surface area contributed by atoms with E-state index in [1.54, 1.807) is 0 Å². The molecule has 0 aliphatic rings. The lowest BCUT2D eigenvalue weighted by Crippen LogP contribution is -2.16. The Kier molecular flexibility index (Phi) is 3.41. The molecular weight excluding hydrogens is 187 g/mol. The molecule has 0 aliphatic heterocycles. The molecule has 76 valence electrons. The summed E-state index contributed by atoms with van der Waals surface area (Å²) in [4.78, 5) is 10.4. The third-order valence-electron chi connectivity index (χ3n) is 1.65. The van der Waals surface area contributed by atoms with Crippen molar-refractivity contribution in [3.63, 3.8) is 0 Å². The van der Waals surface area contributed by atoms with E-state index in [1.165, 1.54) is 18.2 Å². The van der Waals surface area contributed by atoms with Crippen LogP contribution in [0.25, 0.3) is 0 Å². The number of amides is 1. The van der Waals surface area contributed by atoms with Gasteiger partial charge in [-0.3, -0.25) is 0 Å². The van der Waals surface area contributed by atoms with Crippen molar-refractivity contribution in [3.05, 3.63) is 29.6 Å². The van der Waals surface area contributed by atoms with E-state index >= 15 is 0 Å². The number of nitrogens with two attached hydrogens (primary N) is 2. The first kappa shape index (κ1) is 10.5. The highest BCUT2D eigenvalue weighted by Crippen LogP contribution is 2.17. The second-order valence-electron chi connectivity index (χ2n) is 2.71. The van der Waals surface area contributed by atoms with Crippen LogP contribution in [0.3, 0.4) is 0 Å². The number of benzene rings is 1. The van der Waals surface area contributed by atoms with Crippen molar-refractivity contribution in [3.8, 4) is 5.75 Å². The second kappa shape index (κ2) is 4.57. The van der Waals surface area contributed by atoms with E-state index in [2.05, 4.69) is 4.74 Å². The quantitative estimate of drug-likeness (QED) is 0.753. The van der Waals surface area contributed by atoms with Crippen LogP contribution in [-0.2, 0) is 6.42 Å². The standard InChI is InChI=1S/C9H11FN2O2/c10-8-2-1-7(14-9(12)13)5-6(8)3-4-11/h1-2,5H,3-4,11H2,(H2,12,13). The zero-order valence-electron chi connectivity index (χ0n) is 7.50. The summed E-state index contributed by atoms with van der Waals surface area (Å²) in [7, 11) is 0. The van der Waals surface area contributed by atoms with Crippen LogP contribution in [-0.4, -0.2) is 12.6 Å². The molecule has 0 atom stereocenters. The van der Waals surface area contributed by atoms with Crippen molar-refractivity contribution >= 4 is 6.09 Å². The highest BCUT2D eigenvalue weighted by molar-refractivity contribution is 5.68. The molecule has 14 heavy (non-hydrogen) atoms. The van der Waals surface area contributed by atoms with Gasteiger partial charge in [0.25, 0.3) is 0 Å². The molecule has 1 amide bonds. The van der Waals surface area contributed by atoms with Gasteiger partial charge in [0.05, 0.1) is 0 Å². The first-order valence-electron chi connectivity index (χ1n) is 4.09. The van der Waals surface area contributed by atoms with Crippen LogP contribution < -0.4 is 16.2 Å². The Bertz CT molecular complexity index is 342. The average molecular weight is 198 g/mol. The lowest BCUT2D eigenvalue weighted by atomic mass is 10.1. The fraction of sp³-hybridized carbons (Fsp3) is 0.222. The largest absolute Gasteiger partial charge is 0.410 e. The number of halogens is 1. The summed E-state index contributed by atoms with van der Waals surface area (Å²) < 4.78 is 17.7. The summed E-state index contributed by atoms with van der Waals surface area (Å²) in [6, 6.07) is 3.95. The van der Waals surface area contributed by atoms with Gasteiger partial charge >= 0.3 is 6.09 Å². The van der Waals surface area contributed by atoms with Gasteiger partial charge in [-0.15, -0.1) is 0 Å². The van der Waals surface area contributed by atoms with Crippen LogP contribution in [0.5, 0.6) is 5.75 Å². The monoisotopic (exact) mass is 198 g/mol. The highest BCUT2D eigenvalue weighted by atomic mass is 19.1. The van der Waals surface area contributed by atoms with Crippen molar-refractivity contribution < 1.29 is 13.9 Å². The molecule has 0 saturated carbocycles. The maximum atomic E-state index is 13.1. The summed E-state index contributed by atoms with van der Waals surface area (Å²) in [5.74, 6) is -0.144. The Morgan fingerprint density at radius 1 is 1.50 bits per heavy atom. The molecule has 1 aromatic carbocycles. The summed E-state index contributed by atoms with van der Waals surface area (Å²) in [5.41, 5.74) is 10.5. The number of rotatable bonds is 3. The Morgan fingerprint density at radius 3 is 2.79 bits per heavy atom. The zero-order chi connectivity index (χ0) is 10.6. The molecule has 0 fully saturated rings. The van der Waals surface area contributed by atoms with Gasteiger partial charge in [-0.1, -0.05) is 0 Å². The topological polar surface area (TPSA) is 78.3 Å². The molecular formula is C9H11FN2O2. The second-order valence-corrected chi connectivity index (χ2v) is 2.71. The maximum Gasteiger partial charge on any atom is 0.409 e. The lowest BCUT2D eigenvalue weighted by molar-refractivity contribution is 0.211. The molecule has 1 aromatic rings. The fourth-order valence-corrected chi connectivity index (χ4v) is 1.08. The Morgan fingerprint density at radius 2 is 2.21 bits per heavy atom. The van der Waals surface area contributed by atoms with Crippen molar-refractivity contribution in [2.45, 2.75) is 6.42 Å². The molecule has 4 nitrogen and oxygen atoms in total. The van der Waals surface area contributed by atoms with Gasteiger partial charge in [0.15, 0.2) is 0 Å². The molecule has 4 N–H and O–H groups in total. The molecule has 0 heterocycles. The van der Waals surface area contributed by atoms with E-state index in [0.29, 0.717) is 18.5 Å². The van der Waals surface area contributed by atoms with E-state index in [9.17, 15) is 9.18 Å². The van der Waals surface area contributed by atoms with Gasteiger partial charge in [0.2, 0.25) is 0 Å². The highest BCUT2D eigenvalue weighted by Gasteiger charge is 2.05. The minimum Gasteiger partial charge on any atom is -0.410 e. The van der Waals surface area contributed by atoms with Crippen LogP contribution in [0.1, 0.15) is 5.56 Å². The Hall–Kier alpha value is -1.62. The number of carbonyl (C=O) groups is 1. The van der Waals surface area contributed by atoms with Crippen LogP contribution in [0, 0.1) is 5.82 Å². The number of primary amides is 1. The third-order valence-corrected chi connectivity index (χ3v) is 1.65. The minimum absolute atomic E-state index is 0.224. The normalized spacial score (nSPS) is 9.86. The number of hydrogen-bond acceptors (Lipinski definition) is 3. The Balaban J connectivity index is 2.88. The van der Waals surface area contributed by atoms with Gasteiger partial charge < -0.3 is 16.2 Å². The first-order chi connectivity index (χ1) is 6.63. The number of carbonyl (C=O) groups excluding carboxylic acids is 1. The van der Waals surface area contributed by atoms with Gasteiger partial charge in [0.1, 0.15) is 11.6 Å². The Labute approximate surface area is 80.6 Å². The molecule has 0 bridgehead atoms. The SMILES string of the molecule is NCCc1cc(OC(N)=O)ccc1F. The molecule has 5 heteroatoms. The summed E-state index contributed by atoms with van der Waals surface area (Å²) >= 11 is 0. The first-order valence-corrected chi connectivity index (χ1v) is 4.09. The average Bonchev–Trinajstić information content (AvgIpc) is 2.10. The van der Waals surface area contributed by atoms with Crippen LogP contribution in [0.4, 0.5) is 9.18 Å². The smallest absolute Gasteiger partial charge is 0.409 e. The molecule has 0 unspecified atom stereocenters. The fourth-order valence-electron chi connectivity index (χ4n) is 1.08. The van der Waals surface area contributed by atoms with Crippen LogP contribution in [0.15, 0.2) is 18.2 Å². The van der Waals surface area contributed by atoms with E-state index in [4.69, 9.17) is 11.5 Å². The van der Waals surface area contributed by atoms with E-state index in [1.807, 2.05) is 0 Å². The van der Waals surface area contributed by atoms with Crippen molar-refractivity contribution in [1.82, 2.24) is 0 Å². The summed E-state index contributed by atoms with van der Waals surface area (Å²) in [6.45, 7) is 0.330. The summed E-state index contributed by atoms with van der Waals surface area (Å²) in [5, 5.41) is 0. The predicted molar refractivity (Wildman–Crippen MR) is 49.4 cm³/mol. The lowest BCUT2D eigenvalue weighted by Gasteiger charge is -2.04. The third kappa shape index (κ3) is 2.70. The van der Waals surface area contributed by atoms with Gasteiger partial charge in [0, 0.05) is 0 Å². The number of hydrogen-bond donors (Lipinski definition) is 2. The van der Waals surface area contributed by atoms with Crippen molar-refractivity contribution in [1.29, 1.82) is 0 Å². The molecule has 0 spiro atoms. The summed E-state index contributed by atoms with van der Waals surface area (Å²) in [6.07, 6.45) is -0.530. The van der Waals surface area contributed by atoms with E-state index in [-0.39, 0.29) is 11.6 Å². The molecule has 1 rings (SSSR count). The van der Waals surface area contributed by atoms with Gasteiger partial charge in [-0.25, -0.2) is 9.18 Å². The number of ether oxygens (including phenoxy) is 1. The van der Waals surface area contributed by atoms with Gasteiger partial charge in [-0.05, 0) is 36.7 Å². The molecule has 0 radical (unpaired) electrons. The van der Waals surface area contributed by atoms with E-state index in [0.717, 1.165) is 0 Å². The minimum atomic E-state index is -0.921.